The fraction of sp³-hybridized carbons (Fsp3) is 0.438. The summed E-state index contributed by atoms with van der Waals surface area (Å²) in [4.78, 5) is 9.36. The Balaban J connectivity index is 1.63. The van der Waals surface area contributed by atoms with E-state index in [1.807, 2.05) is 12.4 Å². The Morgan fingerprint density at radius 2 is 1.75 bits per heavy atom. The highest BCUT2D eigenvalue weighted by Crippen LogP contribution is 2.22. The summed E-state index contributed by atoms with van der Waals surface area (Å²) in [6.07, 6.45) is 3.88. The van der Waals surface area contributed by atoms with Crippen LogP contribution in [-0.2, 0) is 7.05 Å². The maximum atomic E-state index is 4.44. The molecule has 2 aromatic rings. The summed E-state index contributed by atoms with van der Waals surface area (Å²) < 4.78 is 2.09. The fourth-order valence-electron chi connectivity index (χ4n) is 2.91. The summed E-state index contributed by atoms with van der Waals surface area (Å²) in [5.74, 6) is 1.08. The van der Waals surface area contributed by atoms with Crippen molar-refractivity contribution in [1.29, 1.82) is 0 Å². The van der Waals surface area contributed by atoms with Gasteiger partial charge < -0.3 is 9.47 Å². The average Bonchev–Trinajstić information content (AvgIpc) is 2.94. The molecule has 4 heteroatoms. The van der Waals surface area contributed by atoms with Crippen LogP contribution in [0.5, 0.6) is 0 Å². The zero-order valence-electron chi connectivity index (χ0n) is 12.2. The van der Waals surface area contributed by atoms with Gasteiger partial charge in [0.15, 0.2) is 0 Å². The lowest BCUT2D eigenvalue weighted by Gasteiger charge is -2.38. The molecule has 0 aliphatic carbocycles. The molecule has 0 N–H and O–H groups in total. The number of anilines is 1. The topological polar surface area (TPSA) is 24.3 Å². The molecule has 20 heavy (non-hydrogen) atoms. The van der Waals surface area contributed by atoms with E-state index in [2.05, 4.69) is 63.7 Å². The van der Waals surface area contributed by atoms with E-state index in [4.69, 9.17) is 0 Å². The minimum absolute atomic E-state index is 0.486. The molecule has 0 amide bonds. The fourth-order valence-corrected chi connectivity index (χ4v) is 2.91. The molecule has 0 saturated carbocycles. The molecular formula is C16H22N4. The number of aryl methyl sites for hydroxylation is 1. The first-order valence-corrected chi connectivity index (χ1v) is 7.27. The van der Waals surface area contributed by atoms with Gasteiger partial charge in [-0.1, -0.05) is 30.3 Å². The summed E-state index contributed by atoms with van der Waals surface area (Å²) in [7, 11) is 2.06. The molecule has 2 heterocycles. The van der Waals surface area contributed by atoms with Gasteiger partial charge in [0.1, 0.15) is 0 Å². The quantitative estimate of drug-likeness (QED) is 0.855. The highest BCUT2D eigenvalue weighted by Gasteiger charge is 2.23. The Hall–Kier alpha value is -1.81. The van der Waals surface area contributed by atoms with Gasteiger partial charge in [-0.2, -0.15) is 0 Å². The van der Waals surface area contributed by atoms with Crippen LogP contribution in [0.1, 0.15) is 18.5 Å². The van der Waals surface area contributed by atoms with Gasteiger partial charge in [-0.3, -0.25) is 4.90 Å². The van der Waals surface area contributed by atoms with Crippen molar-refractivity contribution in [3.05, 3.63) is 48.3 Å². The van der Waals surface area contributed by atoms with Crippen molar-refractivity contribution in [3.63, 3.8) is 0 Å². The van der Waals surface area contributed by atoms with Crippen LogP contribution in [0.15, 0.2) is 42.7 Å². The van der Waals surface area contributed by atoms with Gasteiger partial charge in [0.2, 0.25) is 5.95 Å². The lowest BCUT2D eigenvalue weighted by atomic mass is 10.1. The molecular weight excluding hydrogens is 248 g/mol. The van der Waals surface area contributed by atoms with Crippen LogP contribution in [0, 0.1) is 0 Å². The predicted molar refractivity (Wildman–Crippen MR) is 81.9 cm³/mol. The Bertz CT molecular complexity index is 541. The molecule has 1 unspecified atom stereocenters. The Morgan fingerprint density at radius 1 is 1.05 bits per heavy atom. The van der Waals surface area contributed by atoms with Crippen molar-refractivity contribution in [2.75, 3.05) is 31.1 Å². The zero-order chi connectivity index (χ0) is 13.9. The van der Waals surface area contributed by atoms with Crippen LogP contribution in [-0.4, -0.2) is 40.6 Å². The van der Waals surface area contributed by atoms with Gasteiger partial charge in [0.05, 0.1) is 0 Å². The Labute approximate surface area is 120 Å². The second-order valence-electron chi connectivity index (χ2n) is 5.45. The molecule has 1 aromatic carbocycles. The van der Waals surface area contributed by atoms with Crippen molar-refractivity contribution in [2.45, 2.75) is 13.0 Å². The lowest BCUT2D eigenvalue weighted by molar-refractivity contribution is 0.197. The van der Waals surface area contributed by atoms with E-state index in [1.165, 1.54) is 5.56 Å². The molecule has 1 fully saturated rings. The molecule has 1 aromatic heterocycles. The minimum Gasteiger partial charge on any atom is -0.340 e. The van der Waals surface area contributed by atoms with E-state index >= 15 is 0 Å². The van der Waals surface area contributed by atoms with Crippen molar-refractivity contribution in [3.8, 4) is 0 Å². The molecule has 0 spiro atoms. The minimum atomic E-state index is 0.486. The van der Waals surface area contributed by atoms with Gasteiger partial charge in [-0.05, 0) is 12.5 Å². The highest BCUT2D eigenvalue weighted by atomic mass is 15.3. The third-order valence-corrected chi connectivity index (χ3v) is 4.22. The monoisotopic (exact) mass is 270 g/mol. The third kappa shape index (κ3) is 2.56. The van der Waals surface area contributed by atoms with E-state index in [1.54, 1.807) is 0 Å². The van der Waals surface area contributed by atoms with E-state index in [9.17, 15) is 0 Å². The zero-order valence-corrected chi connectivity index (χ0v) is 12.2. The molecule has 3 rings (SSSR count). The van der Waals surface area contributed by atoms with Crippen LogP contribution >= 0.6 is 0 Å². The summed E-state index contributed by atoms with van der Waals surface area (Å²) in [6, 6.07) is 11.2. The predicted octanol–water partition coefficient (Wildman–Crippen LogP) is 2.30. The molecule has 1 saturated heterocycles. The first-order chi connectivity index (χ1) is 9.75. The van der Waals surface area contributed by atoms with Gasteiger partial charge >= 0.3 is 0 Å². The van der Waals surface area contributed by atoms with Crippen molar-refractivity contribution in [1.82, 2.24) is 14.5 Å². The average molecular weight is 270 g/mol. The van der Waals surface area contributed by atoms with Crippen LogP contribution in [0.4, 0.5) is 5.95 Å². The first-order valence-electron chi connectivity index (χ1n) is 7.27. The van der Waals surface area contributed by atoms with Gasteiger partial charge in [0.25, 0.3) is 0 Å². The SMILES string of the molecule is CC(c1ccccc1)N1CCN(c2nccn2C)CC1. The number of aromatic nitrogens is 2. The van der Waals surface area contributed by atoms with Crippen molar-refractivity contribution >= 4 is 5.95 Å². The summed E-state index contributed by atoms with van der Waals surface area (Å²) >= 11 is 0. The summed E-state index contributed by atoms with van der Waals surface area (Å²) in [5.41, 5.74) is 1.40. The second kappa shape index (κ2) is 5.67. The maximum Gasteiger partial charge on any atom is 0.205 e. The summed E-state index contributed by atoms with van der Waals surface area (Å²) in [6.45, 7) is 6.56. The van der Waals surface area contributed by atoms with Crippen LogP contribution < -0.4 is 4.90 Å². The third-order valence-electron chi connectivity index (χ3n) is 4.22. The van der Waals surface area contributed by atoms with Crippen molar-refractivity contribution < 1.29 is 0 Å². The normalized spacial score (nSPS) is 18.2. The highest BCUT2D eigenvalue weighted by molar-refractivity contribution is 5.32. The van der Waals surface area contributed by atoms with E-state index in [0.717, 1.165) is 32.1 Å². The molecule has 1 atom stereocenters. The number of benzene rings is 1. The van der Waals surface area contributed by atoms with Gasteiger partial charge in [-0.15, -0.1) is 0 Å². The number of rotatable bonds is 3. The van der Waals surface area contributed by atoms with E-state index in [-0.39, 0.29) is 0 Å². The molecule has 0 bridgehead atoms. The van der Waals surface area contributed by atoms with Gasteiger partial charge in [0, 0.05) is 51.7 Å². The van der Waals surface area contributed by atoms with E-state index in [0.29, 0.717) is 6.04 Å². The van der Waals surface area contributed by atoms with Crippen LogP contribution in [0.2, 0.25) is 0 Å². The molecule has 106 valence electrons. The molecule has 4 nitrogen and oxygen atoms in total. The molecule has 1 aliphatic rings. The smallest absolute Gasteiger partial charge is 0.205 e. The lowest BCUT2D eigenvalue weighted by Crippen LogP contribution is -2.47. The molecule has 1 aliphatic heterocycles. The number of nitrogens with zero attached hydrogens (tertiary/aromatic N) is 4. The Kier molecular flexibility index (Phi) is 3.74. The largest absolute Gasteiger partial charge is 0.340 e. The van der Waals surface area contributed by atoms with Gasteiger partial charge in [-0.25, -0.2) is 4.98 Å². The standard InChI is InChI=1S/C16H22N4/c1-14(15-6-4-3-5-7-15)19-10-12-20(13-11-19)16-17-8-9-18(16)2/h3-9,14H,10-13H2,1-2H3. The summed E-state index contributed by atoms with van der Waals surface area (Å²) in [5, 5.41) is 0. The van der Waals surface area contributed by atoms with Crippen LogP contribution in [0.3, 0.4) is 0 Å². The van der Waals surface area contributed by atoms with Crippen molar-refractivity contribution in [2.24, 2.45) is 7.05 Å². The number of piperazine rings is 1. The second-order valence-corrected chi connectivity index (χ2v) is 5.45. The first kappa shape index (κ1) is 13.2. The van der Waals surface area contributed by atoms with E-state index < -0.39 is 0 Å². The Morgan fingerprint density at radius 3 is 2.35 bits per heavy atom. The number of imidazole rings is 1. The number of hydrogen-bond acceptors (Lipinski definition) is 3. The molecule has 0 radical (unpaired) electrons. The number of hydrogen-bond donors (Lipinski definition) is 0. The van der Waals surface area contributed by atoms with Crippen LogP contribution in [0.25, 0.3) is 0 Å². The maximum absolute atomic E-state index is 4.44.